The van der Waals surface area contributed by atoms with Crippen LogP contribution in [0.2, 0.25) is 0 Å². The molecule has 0 aromatic carbocycles. The van der Waals surface area contributed by atoms with Crippen LogP contribution in [0.25, 0.3) is 0 Å². The van der Waals surface area contributed by atoms with Gasteiger partial charge in [-0.3, -0.25) is 0 Å². The normalized spacial score (nSPS) is 19.1. The molecule has 0 aliphatic heterocycles. The first-order chi connectivity index (χ1) is 9.34. The zero-order valence-corrected chi connectivity index (χ0v) is 20.1. The smallest absolute Gasteiger partial charge is 0.857 e. The number of rotatable bonds is 3. The number of unbranched alkanes of at least 4 members (excludes halogenated alkanes) is 1. The molecule has 1 rings (SSSR count). The minimum absolute atomic E-state index is 0. The Morgan fingerprint density at radius 2 is 1.14 bits per heavy atom. The second-order valence-electron chi connectivity index (χ2n) is 7.08. The van der Waals surface area contributed by atoms with Crippen molar-refractivity contribution in [1.82, 2.24) is 0 Å². The average molecular weight is 327 g/mol. The van der Waals surface area contributed by atoms with E-state index in [9.17, 15) is 0 Å². The molecule has 0 spiro atoms. The maximum absolute atomic E-state index is 8.25. The van der Waals surface area contributed by atoms with Crippen LogP contribution in [0, 0.1) is 17.3 Å². The van der Waals surface area contributed by atoms with Gasteiger partial charge in [0, 0.05) is 0 Å². The maximum Gasteiger partial charge on any atom is 1.00 e. The first kappa shape index (κ1) is 30.5. The van der Waals surface area contributed by atoms with Gasteiger partial charge in [-0.1, -0.05) is 81.1 Å². The Morgan fingerprint density at radius 1 is 0.810 bits per heavy atom. The third-order valence-electron chi connectivity index (χ3n) is 3.31. The molecule has 2 heteroatoms. The van der Waals surface area contributed by atoms with E-state index >= 15 is 0 Å². The average Bonchev–Trinajstić information content (AvgIpc) is 2.36. The Kier molecular flexibility index (Phi) is 31.3. The SMILES string of the molecule is CCC.CCC1CC(CC(C)(C)C)C1.CCCC.C[O-].[K+]. The Morgan fingerprint density at radius 3 is 1.33 bits per heavy atom. The summed E-state index contributed by atoms with van der Waals surface area (Å²) in [5, 5.41) is 8.25. The van der Waals surface area contributed by atoms with E-state index in [1.807, 2.05) is 0 Å². The van der Waals surface area contributed by atoms with Crippen LogP contribution in [0.3, 0.4) is 0 Å². The van der Waals surface area contributed by atoms with E-state index in [0.717, 1.165) is 18.9 Å². The van der Waals surface area contributed by atoms with Crippen LogP contribution < -0.4 is 56.5 Å². The van der Waals surface area contributed by atoms with Crippen LogP contribution in [0.5, 0.6) is 0 Å². The van der Waals surface area contributed by atoms with Crippen LogP contribution in [0.15, 0.2) is 0 Å². The van der Waals surface area contributed by atoms with Crippen molar-refractivity contribution in [2.45, 2.75) is 100 Å². The van der Waals surface area contributed by atoms with Gasteiger partial charge in [-0.05, 0) is 36.5 Å². The second-order valence-corrected chi connectivity index (χ2v) is 7.08. The van der Waals surface area contributed by atoms with Crippen molar-refractivity contribution in [3.05, 3.63) is 0 Å². The summed E-state index contributed by atoms with van der Waals surface area (Å²) in [7, 11) is 0.750. The quantitative estimate of drug-likeness (QED) is 0.731. The van der Waals surface area contributed by atoms with Gasteiger partial charge in [0.05, 0.1) is 0 Å². The number of hydrogen-bond donors (Lipinski definition) is 0. The molecular weight excluding hydrogens is 283 g/mol. The van der Waals surface area contributed by atoms with E-state index in [1.165, 1.54) is 44.9 Å². The van der Waals surface area contributed by atoms with Gasteiger partial charge in [-0.25, -0.2) is 0 Å². The van der Waals surface area contributed by atoms with E-state index in [1.54, 1.807) is 0 Å². The predicted molar refractivity (Wildman–Crippen MR) is 93.0 cm³/mol. The topological polar surface area (TPSA) is 23.1 Å². The summed E-state index contributed by atoms with van der Waals surface area (Å²) in [6, 6.07) is 0. The molecule has 0 saturated heterocycles. The summed E-state index contributed by atoms with van der Waals surface area (Å²) in [6.45, 7) is 18.0. The van der Waals surface area contributed by atoms with Crippen LogP contribution in [-0.4, -0.2) is 7.11 Å². The molecule has 126 valence electrons. The molecule has 0 amide bonds. The Labute approximate surface area is 179 Å². The Hall–Kier alpha value is 1.60. The van der Waals surface area contributed by atoms with Crippen LogP contribution in [0.4, 0.5) is 0 Å². The molecule has 0 N–H and O–H groups in total. The standard InChI is InChI=1S/C11H22.C4H10.C3H8.CH3O.K/c1-5-9-6-10(7-9)8-11(2,3)4;1-3-4-2;1-3-2;1-2;/h9-10H,5-8H2,1-4H3;3-4H2,1-2H3;3H2,1-2H3;1H3;/q;;;-1;+1. The molecule has 0 radical (unpaired) electrons. The molecule has 1 aliphatic carbocycles. The van der Waals surface area contributed by atoms with Crippen molar-refractivity contribution in [3.63, 3.8) is 0 Å². The zero-order chi connectivity index (χ0) is 16.6. The van der Waals surface area contributed by atoms with Crippen molar-refractivity contribution >= 4 is 0 Å². The molecule has 0 atom stereocenters. The van der Waals surface area contributed by atoms with E-state index in [4.69, 9.17) is 5.11 Å². The van der Waals surface area contributed by atoms with E-state index in [-0.39, 0.29) is 51.4 Å². The largest absolute Gasteiger partial charge is 1.00 e. The molecule has 0 unspecified atom stereocenters. The van der Waals surface area contributed by atoms with E-state index < -0.39 is 0 Å². The molecule has 1 nitrogen and oxygen atoms in total. The fraction of sp³-hybridized carbons (Fsp3) is 1.00. The predicted octanol–water partition coefficient (Wildman–Crippen LogP) is 3.06. The third kappa shape index (κ3) is 26.8. The maximum atomic E-state index is 8.25. The molecule has 21 heavy (non-hydrogen) atoms. The fourth-order valence-corrected chi connectivity index (χ4v) is 2.24. The summed E-state index contributed by atoms with van der Waals surface area (Å²) < 4.78 is 0. The molecular formula is C19H43KO. The third-order valence-corrected chi connectivity index (χ3v) is 3.31. The summed E-state index contributed by atoms with van der Waals surface area (Å²) in [5.41, 5.74) is 0.559. The van der Waals surface area contributed by atoms with Crippen LogP contribution >= 0.6 is 0 Å². The van der Waals surface area contributed by atoms with Gasteiger partial charge in [-0.15, -0.1) is 0 Å². The summed E-state index contributed by atoms with van der Waals surface area (Å²) in [6.07, 6.45) is 9.74. The molecule has 0 bridgehead atoms. The second kappa shape index (κ2) is 21.6. The number of hydrogen-bond acceptors (Lipinski definition) is 1. The molecule has 1 saturated carbocycles. The minimum atomic E-state index is 0. The van der Waals surface area contributed by atoms with Gasteiger partial charge in [0.2, 0.25) is 0 Å². The van der Waals surface area contributed by atoms with E-state index in [2.05, 4.69) is 55.4 Å². The monoisotopic (exact) mass is 326 g/mol. The summed E-state index contributed by atoms with van der Waals surface area (Å²) >= 11 is 0. The van der Waals surface area contributed by atoms with Gasteiger partial charge < -0.3 is 5.11 Å². The Bertz CT molecular complexity index is 155. The minimum Gasteiger partial charge on any atom is -0.857 e. The van der Waals surface area contributed by atoms with Gasteiger partial charge in [0.1, 0.15) is 0 Å². The Balaban J connectivity index is -0.000000122. The molecule has 1 fully saturated rings. The van der Waals surface area contributed by atoms with Crippen molar-refractivity contribution in [2.24, 2.45) is 17.3 Å². The summed E-state index contributed by atoms with van der Waals surface area (Å²) in [5.74, 6) is 2.13. The summed E-state index contributed by atoms with van der Waals surface area (Å²) in [4.78, 5) is 0. The van der Waals surface area contributed by atoms with Crippen molar-refractivity contribution < 1.29 is 56.5 Å². The van der Waals surface area contributed by atoms with Gasteiger partial charge in [0.25, 0.3) is 0 Å². The first-order valence-electron chi connectivity index (χ1n) is 8.75. The van der Waals surface area contributed by atoms with Gasteiger partial charge >= 0.3 is 51.4 Å². The zero-order valence-electron chi connectivity index (χ0n) is 17.0. The van der Waals surface area contributed by atoms with Gasteiger partial charge in [0.15, 0.2) is 0 Å². The van der Waals surface area contributed by atoms with Crippen molar-refractivity contribution in [3.8, 4) is 0 Å². The fourth-order valence-electron chi connectivity index (χ4n) is 2.24. The van der Waals surface area contributed by atoms with Crippen molar-refractivity contribution in [2.75, 3.05) is 7.11 Å². The van der Waals surface area contributed by atoms with Crippen LogP contribution in [0.1, 0.15) is 100 Å². The van der Waals surface area contributed by atoms with Crippen molar-refractivity contribution in [1.29, 1.82) is 0 Å². The molecule has 0 aromatic heterocycles. The first-order valence-corrected chi connectivity index (χ1v) is 8.75. The molecule has 1 aliphatic rings. The van der Waals surface area contributed by atoms with Gasteiger partial charge in [-0.2, -0.15) is 7.11 Å². The van der Waals surface area contributed by atoms with Crippen LogP contribution in [-0.2, 0) is 0 Å². The molecule has 0 heterocycles. The van der Waals surface area contributed by atoms with E-state index in [0.29, 0.717) is 5.41 Å². The molecule has 0 aromatic rings.